The molecule has 2 aromatic heterocycles. The van der Waals surface area contributed by atoms with Crippen LogP contribution < -0.4 is 5.73 Å². The number of nitrogens with two attached hydrogens (primary N) is 1. The molecule has 0 aromatic carbocycles. The summed E-state index contributed by atoms with van der Waals surface area (Å²) in [5, 5.41) is 25.1. The van der Waals surface area contributed by atoms with E-state index < -0.39 is 18.2 Å². The summed E-state index contributed by atoms with van der Waals surface area (Å²) in [5.74, 6) is -0.168. The van der Waals surface area contributed by atoms with Gasteiger partial charge in [0.1, 0.15) is 6.10 Å². The van der Waals surface area contributed by atoms with Gasteiger partial charge in [0.2, 0.25) is 17.7 Å². The van der Waals surface area contributed by atoms with Gasteiger partial charge in [0.05, 0.1) is 30.9 Å². The molecule has 4 N–H and O–H groups in total. The Balaban J connectivity index is 1.52. The smallest absolute Gasteiger partial charge is 0.241 e. The summed E-state index contributed by atoms with van der Waals surface area (Å²) < 4.78 is 0. The quantitative estimate of drug-likeness (QED) is 0.163. The number of aromatic nitrogens is 2. The van der Waals surface area contributed by atoms with E-state index in [-0.39, 0.29) is 55.0 Å². The highest BCUT2D eigenvalue weighted by Gasteiger charge is 2.37. The first-order valence-electron chi connectivity index (χ1n) is 19.6. The fraction of sp³-hybridized carbons (Fsp3) is 0.725. The third kappa shape index (κ3) is 13.1. The molecule has 2 aliphatic carbocycles. The van der Waals surface area contributed by atoms with E-state index in [9.17, 15) is 24.6 Å². The van der Waals surface area contributed by atoms with Gasteiger partial charge in [0.25, 0.3) is 0 Å². The monoisotopic (exact) mass is 740 g/mol. The number of carbonyl (C=O) groups excluding carboxylic acids is 3. The fourth-order valence-electron chi connectivity index (χ4n) is 8.06. The second-order valence-corrected chi connectivity index (χ2v) is 17.1. The van der Waals surface area contributed by atoms with E-state index in [2.05, 4.69) is 16.9 Å². The van der Waals surface area contributed by atoms with E-state index in [4.69, 9.17) is 5.73 Å². The van der Waals surface area contributed by atoms with Crippen LogP contribution in [0.3, 0.4) is 0 Å². The zero-order chi connectivity index (χ0) is 37.7. The van der Waals surface area contributed by atoms with E-state index in [0.29, 0.717) is 49.1 Å². The highest BCUT2D eigenvalue weighted by molar-refractivity contribution is 7.13. The number of likely N-dealkylation sites (N-methyl/N-ethyl adjacent to an activating group) is 1. The molecule has 2 saturated carbocycles. The van der Waals surface area contributed by atoms with Gasteiger partial charge in [-0.15, -0.1) is 11.3 Å². The molecule has 0 spiro atoms. The molecule has 52 heavy (non-hydrogen) atoms. The van der Waals surface area contributed by atoms with Gasteiger partial charge in [-0.1, -0.05) is 78.2 Å². The summed E-state index contributed by atoms with van der Waals surface area (Å²) in [4.78, 5) is 55.7. The molecular weight excluding hydrogens is 677 g/mol. The molecule has 2 heterocycles. The summed E-state index contributed by atoms with van der Waals surface area (Å²) in [6, 6.07) is 5.08. The number of rotatable bonds is 19. The average Bonchev–Trinajstić information content (AvgIpc) is 3.55. The van der Waals surface area contributed by atoms with E-state index >= 15 is 0 Å². The third-order valence-corrected chi connectivity index (χ3v) is 11.9. The number of anilines is 1. The summed E-state index contributed by atoms with van der Waals surface area (Å²) in [7, 11) is 1.76. The lowest BCUT2D eigenvalue weighted by Gasteiger charge is -2.40. The predicted octanol–water partition coefficient (Wildman–Crippen LogP) is 5.84. The number of hydrogen-bond donors (Lipinski definition) is 3. The summed E-state index contributed by atoms with van der Waals surface area (Å²) >= 11 is 1.29. The van der Waals surface area contributed by atoms with E-state index in [1.54, 1.807) is 27.9 Å². The first-order valence-corrected chi connectivity index (χ1v) is 20.5. The Labute approximate surface area is 315 Å². The Bertz CT molecular complexity index is 1390. The van der Waals surface area contributed by atoms with Crippen molar-refractivity contribution in [2.45, 2.75) is 142 Å². The molecule has 2 aromatic rings. The van der Waals surface area contributed by atoms with Crippen molar-refractivity contribution in [1.82, 2.24) is 24.7 Å². The highest BCUT2D eigenvalue weighted by Crippen LogP contribution is 2.37. The largest absolute Gasteiger partial charge is 0.390 e. The van der Waals surface area contributed by atoms with E-state index in [0.717, 1.165) is 57.1 Å². The number of carbonyl (C=O) groups is 3. The van der Waals surface area contributed by atoms with Gasteiger partial charge >= 0.3 is 0 Å². The highest BCUT2D eigenvalue weighted by atomic mass is 32.1. The number of amides is 3. The van der Waals surface area contributed by atoms with Crippen LogP contribution >= 0.6 is 11.3 Å². The zero-order valence-electron chi connectivity index (χ0n) is 32.0. The van der Waals surface area contributed by atoms with Gasteiger partial charge in [0.15, 0.2) is 5.13 Å². The van der Waals surface area contributed by atoms with Gasteiger partial charge in [-0.2, -0.15) is 0 Å². The van der Waals surface area contributed by atoms with Crippen LogP contribution in [0.2, 0.25) is 0 Å². The van der Waals surface area contributed by atoms with Crippen molar-refractivity contribution in [3.05, 3.63) is 41.2 Å². The molecule has 2 aliphatic rings. The maximum atomic E-state index is 14.3. The number of nitrogens with zero attached hydrogens (tertiary/aromatic N) is 5. The summed E-state index contributed by atoms with van der Waals surface area (Å²) in [6.45, 7) is 7.23. The average molecular weight is 741 g/mol. The van der Waals surface area contributed by atoms with E-state index in [1.807, 2.05) is 37.4 Å². The van der Waals surface area contributed by atoms with Crippen molar-refractivity contribution in [2.24, 2.45) is 17.3 Å². The fourth-order valence-corrected chi connectivity index (χ4v) is 8.62. The van der Waals surface area contributed by atoms with Crippen LogP contribution in [0.15, 0.2) is 29.8 Å². The van der Waals surface area contributed by atoms with E-state index in [1.165, 1.54) is 24.2 Å². The van der Waals surface area contributed by atoms with Gasteiger partial charge in [-0.05, 0) is 55.1 Å². The molecule has 0 bridgehead atoms. The Morgan fingerprint density at radius 2 is 1.67 bits per heavy atom. The maximum absolute atomic E-state index is 14.3. The van der Waals surface area contributed by atoms with Gasteiger partial charge < -0.3 is 30.6 Å². The second-order valence-electron chi connectivity index (χ2n) is 16.2. The number of hydrogen-bond acceptors (Lipinski definition) is 9. The summed E-state index contributed by atoms with van der Waals surface area (Å²) in [5.41, 5.74) is 7.40. The van der Waals surface area contributed by atoms with Gasteiger partial charge in [-0.3, -0.25) is 19.4 Å². The van der Waals surface area contributed by atoms with Crippen LogP contribution in [0.1, 0.15) is 122 Å². The standard InChI is InChI=1S/C40H64N6O5S/c1-29(2)23-34(47)38(51)33(24-30-13-7-5-8-14-30)46(25-32-27-52-39(41)43-32)36(49)17-16-35(48)45(28-40(3)19-10-6-11-20-40)26-37(50)44(4)22-18-31-15-9-12-21-42-31/h9,12,15,21,27,29-30,33-34,38,47,51H,5-8,10-11,13-14,16-20,22-26,28H2,1-4H3,(H2,41,43)/t33-,34-,38+/m0/s1. The maximum Gasteiger partial charge on any atom is 0.241 e. The molecule has 2 fully saturated rings. The van der Waals surface area contributed by atoms with Crippen LogP contribution in [-0.2, 0) is 27.3 Å². The Hall–Kier alpha value is -3.09. The number of nitrogen functional groups attached to an aromatic ring is 1. The first kappa shape index (κ1) is 41.7. The number of pyridine rings is 1. The lowest BCUT2D eigenvalue weighted by molar-refractivity contribution is -0.145. The van der Waals surface area contributed by atoms with Crippen molar-refractivity contribution in [2.75, 3.05) is 32.4 Å². The second kappa shape index (κ2) is 20.4. The van der Waals surface area contributed by atoms with Crippen LogP contribution in [0.25, 0.3) is 0 Å². The predicted molar refractivity (Wildman–Crippen MR) is 206 cm³/mol. The number of thiazole rings is 1. The van der Waals surface area contributed by atoms with Crippen molar-refractivity contribution in [3.63, 3.8) is 0 Å². The van der Waals surface area contributed by atoms with Crippen molar-refractivity contribution in [1.29, 1.82) is 0 Å². The van der Waals surface area contributed by atoms with Crippen LogP contribution in [-0.4, -0.2) is 97.5 Å². The molecule has 290 valence electrons. The van der Waals surface area contributed by atoms with Crippen LogP contribution in [0.4, 0.5) is 5.13 Å². The van der Waals surface area contributed by atoms with Crippen LogP contribution in [0.5, 0.6) is 0 Å². The number of aliphatic hydroxyl groups excluding tert-OH is 2. The molecular formula is C40H64N6O5S. The number of aliphatic hydroxyl groups is 2. The SMILES string of the molecule is CC(C)C[C@H](O)[C@H](O)[C@H](CC1CCCCC1)N(Cc1csc(N)n1)C(=O)CCC(=O)N(CC(=O)N(C)CCc1ccccn1)CC1(C)CCCCC1. The van der Waals surface area contributed by atoms with Gasteiger partial charge in [-0.25, -0.2) is 4.98 Å². The normalized spacial score (nSPS) is 18.1. The lowest BCUT2D eigenvalue weighted by Crippen LogP contribution is -2.52. The molecule has 3 atom stereocenters. The third-order valence-electron chi connectivity index (χ3n) is 11.1. The topological polar surface area (TPSA) is 153 Å². The zero-order valence-corrected chi connectivity index (χ0v) is 32.9. The first-order chi connectivity index (χ1) is 24.8. The minimum Gasteiger partial charge on any atom is -0.390 e. The van der Waals surface area contributed by atoms with Crippen molar-refractivity contribution >= 4 is 34.2 Å². The Kier molecular flexibility index (Phi) is 16.3. The minimum atomic E-state index is -1.15. The molecule has 3 amide bonds. The Morgan fingerprint density at radius 3 is 2.31 bits per heavy atom. The van der Waals surface area contributed by atoms with Crippen molar-refractivity contribution in [3.8, 4) is 0 Å². The molecule has 11 nitrogen and oxygen atoms in total. The van der Waals surface area contributed by atoms with Gasteiger partial charge in [0, 0.05) is 56.7 Å². The van der Waals surface area contributed by atoms with Crippen LogP contribution in [0, 0.1) is 17.3 Å². The molecule has 0 unspecified atom stereocenters. The molecule has 4 rings (SSSR count). The summed E-state index contributed by atoms with van der Waals surface area (Å²) in [6.07, 6.45) is 11.8. The lowest BCUT2D eigenvalue weighted by atomic mass is 9.75. The molecule has 0 saturated heterocycles. The Morgan fingerprint density at radius 1 is 0.981 bits per heavy atom. The molecule has 0 radical (unpaired) electrons. The van der Waals surface area contributed by atoms with Crippen molar-refractivity contribution < 1.29 is 24.6 Å². The molecule has 12 heteroatoms. The minimum absolute atomic E-state index is 0.0481. The molecule has 0 aliphatic heterocycles.